The lowest BCUT2D eigenvalue weighted by Gasteiger charge is -2.12. The van der Waals surface area contributed by atoms with Crippen molar-refractivity contribution in [2.75, 3.05) is 29.9 Å². The maximum absolute atomic E-state index is 14.0. The molecule has 2 aromatic heterocycles. The highest BCUT2D eigenvalue weighted by molar-refractivity contribution is 7.98. The van der Waals surface area contributed by atoms with Gasteiger partial charge in [0, 0.05) is 11.6 Å². The van der Waals surface area contributed by atoms with Gasteiger partial charge in [0.2, 0.25) is 11.6 Å². The molecule has 0 spiro atoms. The second kappa shape index (κ2) is 16.5. The fourth-order valence-corrected chi connectivity index (χ4v) is 7.70. The molecule has 2 N–H and O–H groups in total. The summed E-state index contributed by atoms with van der Waals surface area (Å²) in [5.41, 5.74) is -0.00224. The summed E-state index contributed by atoms with van der Waals surface area (Å²) >= 11 is 25.0. The van der Waals surface area contributed by atoms with Gasteiger partial charge in [-0.2, -0.15) is 0 Å². The predicted octanol–water partition coefficient (Wildman–Crippen LogP) is 7.85. The molecule has 0 fully saturated rings. The van der Waals surface area contributed by atoms with Gasteiger partial charge in [-0.3, -0.25) is 9.44 Å². The van der Waals surface area contributed by atoms with Gasteiger partial charge in [0.1, 0.15) is 26.5 Å². The lowest BCUT2D eigenvalue weighted by molar-refractivity contribution is 0.394. The molecule has 50 heavy (non-hydrogen) atoms. The zero-order valence-corrected chi connectivity index (χ0v) is 31.1. The number of sulfonamides is 2. The highest BCUT2D eigenvalue weighted by Gasteiger charge is 2.24. The van der Waals surface area contributed by atoms with E-state index in [0.717, 1.165) is 12.3 Å². The molecule has 12 nitrogen and oxygen atoms in total. The van der Waals surface area contributed by atoms with Gasteiger partial charge in [-0.05, 0) is 42.7 Å². The first-order valence-electron chi connectivity index (χ1n) is 13.4. The number of benzene rings is 3. The van der Waals surface area contributed by atoms with E-state index in [2.05, 4.69) is 29.4 Å². The summed E-state index contributed by atoms with van der Waals surface area (Å²) in [4.78, 5) is 15.7. The summed E-state index contributed by atoms with van der Waals surface area (Å²) in [6.07, 6.45) is 4.37. The van der Waals surface area contributed by atoms with E-state index < -0.39 is 31.7 Å². The van der Waals surface area contributed by atoms with E-state index in [-0.39, 0.29) is 64.5 Å². The summed E-state index contributed by atoms with van der Waals surface area (Å²) in [6.45, 7) is 0. The van der Waals surface area contributed by atoms with Crippen LogP contribution in [0.5, 0.6) is 11.8 Å². The number of aromatic nitrogens is 4. The molecule has 21 heteroatoms. The standard InChI is InChI=1S/C17H11Cl2F2N3O3S.C12H11Cl2N3O3S2/c1-27-17-16(24-28(25,26)14-4-2-3-11(18)15(14)19)22-8-13(23-17)10-6-5-9(20)7-12(10)21;1-20-12-11(15-6-9(16-12)21-2)17-22(18,19)8-5-3-4-7(13)10(8)14/h2-8H,1H3,(H,22,24);3-6H,1-2H3,(H,15,17). The normalized spacial score (nSPS) is 11.3. The monoisotopic (exact) mass is 824 g/mol. The van der Waals surface area contributed by atoms with Crippen molar-refractivity contribution in [1.29, 1.82) is 0 Å². The van der Waals surface area contributed by atoms with Crippen LogP contribution in [0, 0.1) is 11.6 Å². The summed E-state index contributed by atoms with van der Waals surface area (Å²) < 4.78 is 91.7. The Morgan fingerprint density at radius 3 is 1.70 bits per heavy atom. The van der Waals surface area contributed by atoms with Crippen LogP contribution >= 0.6 is 58.2 Å². The van der Waals surface area contributed by atoms with Crippen LogP contribution < -0.4 is 18.9 Å². The van der Waals surface area contributed by atoms with Crippen molar-refractivity contribution >= 4 is 89.8 Å². The van der Waals surface area contributed by atoms with Crippen molar-refractivity contribution in [3.05, 3.63) is 98.7 Å². The Balaban J connectivity index is 0.000000232. The van der Waals surface area contributed by atoms with Crippen molar-refractivity contribution in [2.45, 2.75) is 14.8 Å². The summed E-state index contributed by atoms with van der Waals surface area (Å²) in [7, 11) is -5.53. The maximum Gasteiger partial charge on any atom is 0.264 e. The van der Waals surface area contributed by atoms with Crippen molar-refractivity contribution in [1.82, 2.24) is 19.9 Å². The molecule has 0 saturated carbocycles. The quantitative estimate of drug-likeness (QED) is 0.132. The number of nitrogens with zero attached hydrogens (tertiary/aromatic N) is 4. The number of anilines is 2. The van der Waals surface area contributed by atoms with E-state index in [1.807, 2.05) is 6.26 Å². The molecule has 0 aliphatic heterocycles. The first-order valence-corrected chi connectivity index (χ1v) is 19.1. The minimum atomic E-state index is -4.16. The maximum atomic E-state index is 14.0. The van der Waals surface area contributed by atoms with E-state index in [1.165, 1.54) is 74.6 Å². The van der Waals surface area contributed by atoms with Crippen molar-refractivity contribution in [3.8, 4) is 23.0 Å². The number of methoxy groups -OCH3 is 2. The second-order valence-corrected chi connectivity index (χ2v) is 15.0. The van der Waals surface area contributed by atoms with Crippen LogP contribution in [0.2, 0.25) is 20.1 Å². The summed E-state index contributed by atoms with van der Waals surface area (Å²) in [6, 6.07) is 11.4. The largest absolute Gasteiger partial charge is 0.478 e. The molecule has 0 aliphatic rings. The van der Waals surface area contributed by atoms with Gasteiger partial charge in [0.15, 0.2) is 0 Å². The van der Waals surface area contributed by atoms with Gasteiger partial charge in [-0.15, -0.1) is 11.8 Å². The molecule has 0 aliphatic carbocycles. The number of hydrogen-bond donors (Lipinski definition) is 2. The van der Waals surface area contributed by atoms with Crippen LogP contribution in [0.4, 0.5) is 20.4 Å². The number of nitrogens with one attached hydrogen (secondary N) is 2. The average molecular weight is 827 g/mol. The third kappa shape index (κ3) is 9.14. The van der Waals surface area contributed by atoms with Crippen molar-refractivity contribution in [2.24, 2.45) is 0 Å². The lowest BCUT2D eigenvalue weighted by atomic mass is 10.1. The molecular weight excluding hydrogens is 804 g/mol. The van der Waals surface area contributed by atoms with Gasteiger partial charge in [0.05, 0.1) is 52.4 Å². The SMILES string of the molecule is COc1nc(-c2ccc(F)cc2F)cnc1NS(=O)(=O)c1cccc(Cl)c1Cl.COc1nc(SC)cnc1NS(=O)(=O)c1cccc(Cl)c1Cl. The van der Waals surface area contributed by atoms with E-state index in [0.29, 0.717) is 11.1 Å². The molecule has 2 heterocycles. The minimum absolute atomic E-state index is 0.0260. The van der Waals surface area contributed by atoms with Gasteiger partial charge in [-0.25, -0.2) is 45.6 Å². The Morgan fingerprint density at radius 2 is 1.22 bits per heavy atom. The van der Waals surface area contributed by atoms with Crippen molar-refractivity contribution in [3.63, 3.8) is 0 Å². The average Bonchev–Trinajstić information content (AvgIpc) is 3.07. The third-order valence-corrected chi connectivity index (χ3v) is 11.4. The van der Waals surface area contributed by atoms with Gasteiger partial charge in [0.25, 0.3) is 31.8 Å². The van der Waals surface area contributed by atoms with E-state index in [9.17, 15) is 25.6 Å². The summed E-state index contributed by atoms with van der Waals surface area (Å²) in [5, 5.41) is 0.573. The molecule has 0 unspecified atom stereocenters. The van der Waals surface area contributed by atoms with Gasteiger partial charge >= 0.3 is 0 Å². The molecule has 0 bridgehead atoms. The molecule has 5 aromatic rings. The van der Waals surface area contributed by atoms with Crippen LogP contribution in [0.3, 0.4) is 0 Å². The first kappa shape index (κ1) is 39.1. The zero-order chi connectivity index (χ0) is 36.8. The van der Waals surface area contributed by atoms with E-state index in [4.69, 9.17) is 55.9 Å². The smallest absolute Gasteiger partial charge is 0.264 e. The molecule has 264 valence electrons. The Morgan fingerprint density at radius 1 is 0.720 bits per heavy atom. The minimum Gasteiger partial charge on any atom is -0.478 e. The number of hydrogen-bond acceptors (Lipinski definition) is 11. The summed E-state index contributed by atoms with van der Waals surface area (Å²) in [5.74, 6) is -2.03. The van der Waals surface area contributed by atoms with Crippen LogP contribution in [0.25, 0.3) is 11.3 Å². The topological polar surface area (TPSA) is 162 Å². The van der Waals surface area contributed by atoms with Gasteiger partial charge < -0.3 is 9.47 Å². The highest BCUT2D eigenvalue weighted by atomic mass is 35.5. The van der Waals surface area contributed by atoms with E-state index >= 15 is 0 Å². The van der Waals surface area contributed by atoms with Crippen LogP contribution in [0.1, 0.15) is 0 Å². The second-order valence-electron chi connectivity index (χ2n) is 9.32. The highest BCUT2D eigenvalue weighted by Crippen LogP contribution is 2.33. The Hall–Kier alpha value is -3.71. The Bertz CT molecular complexity index is 2280. The fraction of sp³-hybridized carbons (Fsp3) is 0.103. The Kier molecular flexibility index (Phi) is 12.9. The third-order valence-electron chi connectivity index (χ3n) is 6.14. The fourth-order valence-electron chi connectivity index (χ4n) is 3.83. The molecule has 0 saturated heterocycles. The van der Waals surface area contributed by atoms with Crippen molar-refractivity contribution < 1.29 is 35.1 Å². The lowest BCUT2D eigenvalue weighted by Crippen LogP contribution is -2.16. The number of ether oxygens (including phenoxy) is 2. The van der Waals surface area contributed by atoms with E-state index in [1.54, 1.807) is 0 Å². The molecule has 5 rings (SSSR count). The van der Waals surface area contributed by atoms with Gasteiger partial charge in [-0.1, -0.05) is 58.5 Å². The molecular formula is C29H22Cl4F2N6O6S3. The number of halogens is 6. The van der Waals surface area contributed by atoms with Crippen LogP contribution in [0.15, 0.2) is 81.8 Å². The molecule has 0 radical (unpaired) electrons. The first-order chi connectivity index (χ1) is 23.6. The zero-order valence-electron chi connectivity index (χ0n) is 25.6. The molecule has 0 atom stereocenters. The predicted molar refractivity (Wildman–Crippen MR) is 189 cm³/mol. The Labute approximate surface area is 309 Å². The molecule has 3 aromatic carbocycles. The number of rotatable bonds is 10. The van der Waals surface area contributed by atoms with Crippen LogP contribution in [-0.2, 0) is 20.0 Å². The van der Waals surface area contributed by atoms with Crippen LogP contribution in [-0.4, -0.2) is 57.2 Å². The number of thioether (sulfide) groups is 1. The molecule has 0 amide bonds.